The number of ether oxygens (including phenoxy) is 1. The van der Waals surface area contributed by atoms with Gasteiger partial charge in [0.15, 0.2) is 5.65 Å². The predicted molar refractivity (Wildman–Crippen MR) is 99.5 cm³/mol. The average Bonchev–Trinajstić information content (AvgIpc) is 3.11. The van der Waals surface area contributed by atoms with Gasteiger partial charge in [0.2, 0.25) is 0 Å². The molecule has 0 saturated carbocycles. The molecular formula is C18H14N4O4S. The van der Waals surface area contributed by atoms with Gasteiger partial charge in [0.25, 0.3) is 0 Å². The summed E-state index contributed by atoms with van der Waals surface area (Å²) in [6, 6.07) is 14.2. The fourth-order valence-corrected chi connectivity index (χ4v) is 4.20. The zero-order valence-electron chi connectivity index (χ0n) is 14.1. The van der Waals surface area contributed by atoms with Gasteiger partial charge in [-0.25, -0.2) is 13.8 Å². The zero-order chi connectivity index (χ0) is 19.0. The Labute approximate surface area is 154 Å². The lowest BCUT2D eigenvalue weighted by atomic mass is 10.1. The number of hydrogen-bond acceptors (Lipinski definition) is 5. The molecule has 0 fully saturated rings. The fraction of sp³-hybridized carbons (Fsp3) is 0.0556. The summed E-state index contributed by atoms with van der Waals surface area (Å²) >= 11 is 0. The molecule has 0 aliphatic heterocycles. The summed E-state index contributed by atoms with van der Waals surface area (Å²) in [7, 11) is -0.0545. The molecule has 9 heteroatoms. The SMILES string of the molecule is COc1cccc(-c2cnn3c(=O)[nH]c(=O)[nH]c23)c1S(=O)c1ccccc1. The zero-order valence-corrected chi connectivity index (χ0v) is 14.9. The Bertz CT molecular complexity index is 1270. The smallest absolute Gasteiger partial charge is 0.352 e. The predicted octanol–water partition coefficient (Wildman–Crippen LogP) is 1.55. The van der Waals surface area contributed by atoms with Crippen molar-refractivity contribution in [2.45, 2.75) is 9.79 Å². The lowest BCUT2D eigenvalue weighted by molar-refractivity contribution is 0.404. The van der Waals surface area contributed by atoms with E-state index in [0.717, 1.165) is 4.52 Å². The highest BCUT2D eigenvalue weighted by molar-refractivity contribution is 7.85. The summed E-state index contributed by atoms with van der Waals surface area (Å²) in [5.41, 5.74) is -0.0796. The van der Waals surface area contributed by atoms with Crippen molar-refractivity contribution in [3.8, 4) is 16.9 Å². The topological polar surface area (TPSA) is 109 Å². The van der Waals surface area contributed by atoms with Crippen molar-refractivity contribution in [3.63, 3.8) is 0 Å². The van der Waals surface area contributed by atoms with Gasteiger partial charge in [0.1, 0.15) is 5.75 Å². The minimum absolute atomic E-state index is 0.211. The van der Waals surface area contributed by atoms with Crippen molar-refractivity contribution < 1.29 is 8.95 Å². The normalized spacial score (nSPS) is 12.2. The first-order valence-electron chi connectivity index (χ1n) is 7.94. The number of H-pyrrole nitrogens is 2. The number of hydrogen-bond donors (Lipinski definition) is 2. The van der Waals surface area contributed by atoms with Crippen molar-refractivity contribution >= 4 is 16.4 Å². The Morgan fingerprint density at radius 2 is 1.78 bits per heavy atom. The molecule has 0 bridgehead atoms. The van der Waals surface area contributed by atoms with Crippen LogP contribution in [0.5, 0.6) is 5.75 Å². The first-order valence-corrected chi connectivity index (χ1v) is 9.09. The third-order valence-corrected chi connectivity index (χ3v) is 5.54. The maximum Gasteiger partial charge on any atom is 0.352 e. The first kappa shape index (κ1) is 17.0. The van der Waals surface area contributed by atoms with Crippen molar-refractivity contribution in [2.75, 3.05) is 7.11 Å². The standard InChI is InChI=1S/C18H14N4O4S/c1-26-14-9-5-8-12(15(14)27(25)11-6-3-2-4-7-11)13-10-19-22-16(13)20-17(23)21-18(22)24/h2-10H,1H3,(H2,20,21,23,24). The van der Waals surface area contributed by atoms with E-state index in [0.29, 0.717) is 26.7 Å². The number of nitrogens with one attached hydrogen (secondary N) is 2. The highest BCUT2D eigenvalue weighted by Crippen LogP contribution is 2.36. The monoisotopic (exact) mass is 382 g/mol. The van der Waals surface area contributed by atoms with E-state index < -0.39 is 22.2 Å². The summed E-state index contributed by atoms with van der Waals surface area (Å²) in [6.07, 6.45) is 1.45. The van der Waals surface area contributed by atoms with Gasteiger partial charge >= 0.3 is 11.4 Å². The number of rotatable bonds is 4. The van der Waals surface area contributed by atoms with E-state index in [1.807, 2.05) is 6.07 Å². The molecule has 27 heavy (non-hydrogen) atoms. The van der Waals surface area contributed by atoms with E-state index >= 15 is 0 Å². The van der Waals surface area contributed by atoms with Gasteiger partial charge in [-0.05, 0) is 18.2 Å². The fourth-order valence-electron chi connectivity index (χ4n) is 2.85. The second-order valence-electron chi connectivity index (χ2n) is 5.62. The van der Waals surface area contributed by atoms with Crippen LogP contribution in [0.1, 0.15) is 0 Å². The largest absolute Gasteiger partial charge is 0.495 e. The second-order valence-corrected chi connectivity index (χ2v) is 7.04. The molecule has 1 atom stereocenters. The van der Waals surface area contributed by atoms with Gasteiger partial charge in [0, 0.05) is 16.0 Å². The van der Waals surface area contributed by atoms with Crippen LogP contribution in [-0.4, -0.2) is 30.9 Å². The third kappa shape index (κ3) is 2.87. The Morgan fingerprint density at radius 3 is 2.52 bits per heavy atom. The lowest BCUT2D eigenvalue weighted by Crippen LogP contribution is -2.28. The van der Waals surface area contributed by atoms with E-state index in [-0.39, 0.29) is 5.65 Å². The van der Waals surface area contributed by atoms with Gasteiger partial charge in [-0.1, -0.05) is 30.3 Å². The minimum atomic E-state index is -1.55. The summed E-state index contributed by atoms with van der Waals surface area (Å²) in [5.74, 6) is 0.432. The second kappa shape index (κ2) is 6.69. The van der Waals surface area contributed by atoms with Gasteiger partial charge in [-0.3, -0.25) is 9.97 Å². The number of nitrogens with zero attached hydrogens (tertiary/aromatic N) is 2. The van der Waals surface area contributed by atoms with Crippen LogP contribution >= 0.6 is 0 Å². The van der Waals surface area contributed by atoms with Gasteiger partial charge in [0.05, 0.1) is 29.0 Å². The first-order chi connectivity index (χ1) is 13.1. The van der Waals surface area contributed by atoms with Crippen LogP contribution in [0.2, 0.25) is 0 Å². The molecule has 0 amide bonds. The molecule has 2 aromatic heterocycles. The molecule has 1 unspecified atom stereocenters. The highest BCUT2D eigenvalue weighted by atomic mass is 32.2. The van der Waals surface area contributed by atoms with E-state index in [1.54, 1.807) is 42.5 Å². The molecule has 8 nitrogen and oxygen atoms in total. The molecule has 0 radical (unpaired) electrons. The van der Waals surface area contributed by atoms with Gasteiger partial charge < -0.3 is 4.74 Å². The number of fused-ring (bicyclic) bond motifs is 1. The summed E-state index contributed by atoms with van der Waals surface area (Å²) in [6.45, 7) is 0. The van der Waals surface area contributed by atoms with E-state index in [4.69, 9.17) is 4.74 Å². The third-order valence-electron chi connectivity index (χ3n) is 4.05. The minimum Gasteiger partial charge on any atom is -0.495 e. The molecule has 4 aromatic rings. The maximum absolute atomic E-state index is 13.3. The van der Waals surface area contributed by atoms with Gasteiger partial charge in [-0.15, -0.1) is 0 Å². The Balaban J connectivity index is 2.02. The Hall–Kier alpha value is -3.46. The van der Waals surface area contributed by atoms with Crippen LogP contribution in [0, 0.1) is 0 Å². The van der Waals surface area contributed by atoms with Crippen molar-refractivity contribution in [2.24, 2.45) is 0 Å². The quantitative estimate of drug-likeness (QED) is 0.557. The Kier molecular flexibility index (Phi) is 4.21. The molecule has 136 valence electrons. The molecule has 4 rings (SSSR count). The van der Waals surface area contributed by atoms with Crippen LogP contribution < -0.4 is 16.1 Å². The van der Waals surface area contributed by atoms with E-state index in [2.05, 4.69) is 15.1 Å². The number of aromatic nitrogens is 4. The molecular weight excluding hydrogens is 368 g/mol. The van der Waals surface area contributed by atoms with Crippen LogP contribution in [0.4, 0.5) is 0 Å². The molecule has 2 aromatic carbocycles. The summed E-state index contributed by atoms with van der Waals surface area (Å²) in [4.78, 5) is 29.4. The van der Waals surface area contributed by atoms with Crippen LogP contribution in [0.15, 0.2) is 74.1 Å². The Morgan fingerprint density at radius 1 is 1.00 bits per heavy atom. The summed E-state index contributed by atoms with van der Waals surface area (Å²) < 4.78 is 19.7. The van der Waals surface area contributed by atoms with Crippen molar-refractivity contribution in [1.82, 2.24) is 19.6 Å². The molecule has 0 saturated heterocycles. The van der Waals surface area contributed by atoms with Crippen LogP contribution in [0.25, 0.3) is 16.8 Å². The molecule has 2 heterocycles. The van der Waals surface area contributed by atoms with E-state index in [9.17, 15) is 13.8 Å². The van der Waals surface area contributed by atoms with Crippen LogP contribution in [-0.2, 0) is 10.8 Å². The number of benzene rings is 2. The van der Waals surface area contributed by atoms with E-state index in [1.165, 1.54) is 13.3 Å². The lowest BCUT2D eigenvalue weighted by Gasteiger charge is -2.13. The van der Waals surface area contributed by atoms with Crippen molar-refractivity contribution in [3.05, 3.63) is 75.7 Å². The molecule has 0 aliphatic rings. The molecule has 2 N–H and O–H groups in total. The number of methoxy groups -OCH3 is 1. The average molecular weight is 382 g/mol. The highest BCUT2D eigenvalue weighted by Gasteiger charge is 2.21. The van der Waals surface area contributed by atoms with Crippen molar-refractivity contribution in [1.29, 1.82) is 0 Å². The maximum atomic E-state index is 13.3. The number of aromatic amines is 2. The molecule has 0 spiro atoms. The molecule has 0 aliphatic carbocycles. The van der Waals surface area contributed by atoms with Crippen LogP contribution in [0.3, 0.4) is 0 Å². The van der Waals surface area contributed by atoms with Gasteiger partial charge in [-0.2, -0.15) is 9.61 Å². The summed E-state index contributed by atoms with van der Waals surface area (Å²) in [5, 5.41) is 4.03.